The molecule has 1 N–H and O–H groups in total. The molecule has 0 fully saturated rings. The van der Waals surface area contributed by atoms with Crippen LogP contribution in [0.25, 0.3) is 0 Å². The monoisotopic (exact) mass is 271 g/mol. The van der Waals surface area contributed by atoms with Gasteiger partial charge in [0.25, 0.3) is 0 Å². The van der Waals surface area contributed by atoms with Crippen LogP contribution < -0.4 is 10.1 Å². The molecular weight excluding hydrogens is 252 g/mol. The minimum atomic E-state index is -2.83. The second kappa shape index (κ2) is 5.99. The number of alkyl halides is 2. The second-order valence-electron chi connectivity index (χ2n) is 5.39. The number of halogens is 2. The molecule has 0 aliphatic rings. The summed E-state index contributed by atoms with van der Waals surface area (Å²) in [5.74, 6) is 0.0426. The van der Waals surface area contributed by atoms with Gasteiger partial charge < -0.3 is 10.1 Å². The van der Waals surface area contributed by atoms with Crippen molar-refractivity contribution in [3.63, 3.8) is 0 Å². The zero-order valence-corrected chi connectivity index (χ0v) is 11.5. The van der Waals surface area contributed by atoms with E-state index in [-0.39, 0.29) is 17.7 Å². The van der Waals surface area contributed by atoms with Crippen molar-refractivity contribution in [3.05, 3.63) is 29.8 Å². The summed E-state index contributed by atoms with van der Waals surface area (Å²) < 4.78 is 28.3. The zero-order chi connectivity index (χ0) is 14.6. The van der Waals surface area contributed by atoms with Gasteiger partial charge in [-0.05, 0) is 24.6 Å². The third-order valence-electron chi connectivity index (χ3n) is 2.63. The lowest BCUT2D eigenvalue weighted by Crippen LogP contribution is -2.36. The Bertz CT molecular complexity index is 424. The van der Waals surface area contributed by atoms with E-state index in [1.165, 1.54) is 12.1 Å². The largest absolute Gasteiger partial charge is 0.435 e. The first kappa shape index (κ1) is 15.4. The number of amides is 1. The van der Waals surface area contributed by atoms with Crippen LogP contribution in [-0.4, -0.2) is 12.5 Å². The Labute approximate surface area is 112 Å². The van der Waals surface area contributed by atoms with Crippen LogP contribution in [0.3, 0.4) is 0 Å². The fourth-order valence-electron chi connectivity index (χ4n) is 1.43. The van der Waals surface area contributed by atoms with Gasteiger partial charge in [-0.25, -0.2) is 0 Å². The molecule has 0 saturated heterocycles. The van der Waals surface area contributed by atoms with Crippen molar-refractivity contribution in [2.75, 3.05) is 0 Å². The number of benzene rings is 1. The normalized spacial score (nSPS) is 13.2. The highest BCUT2D eigenvalue weighted by molar-refractivity contribution is 5.81. The number of hydrogen-bond donors (Lipinski definition) is 1. The summed E-state index contributed by atoms with van der Waals surface area (Å²) in [7, 11) is 0. The smallest absolute Gasteiger partial charge is 0.387 e. The van der Waals surface area contributed by atoms with Crippen LogP contribution in [-0.2, 0) is 4.79 Å². The maximum atomic E-state index is 12.0. The molecule has 19 heavy (non-hydrogen) atoms. The molecule has 1 atom stereocenters. The number of nitrogens with one attached hydrogen (secondary N) is 1. The molecule has 1 aromatic rings. The minimum absolute atomic E-state index is 0.0621. The molecule has 1 aromatic carbocycles. The van der Waals surface area contributed by atoms with E-state index in [0.29, 0.717) is 0 Å². The predicted molar refractivity (Wildman–Crippen MR) is 69.1 cm³/mol. The van der Waals surface area contributed by atoms with Crippen molar-refractivity contribution in [3.8, 4) is 5.75 Å². The molecule has 0 radical (unpaired) electrons. The van der Waals surface area contributed by atoms with Gasteiger partial charge in [0.1, 0.15) is 5.75 Å². The second-order valence-corrected chi connectivity index (χ2v) is 5.39. The third kappa shape index (κ3) is 4.85. The quantitative estimate of drug-likeness (QED) is 0.910. The predicted octanol–water partition coefficient (Wildman–Crippen LogP) is 3.51. The lowest BCUT2D eigenvalue weighted by molar-refractivity contribution is -0.129. The molecule has 0 saturated carbocycles. The van der Waals surface area contributed by atoms with Crippen molar-refractivity contribution >= 4 is 5.91 Å². The average Bonchev–Trinajstić information content (AvgIpc) is 2.27. The number of hydrogen-bond acceptors (Lipinski definition) is 2. The molecule has 0 bridgehead atoms. The molecule has 1 rings (SSSR count). The Kier molecular flexibility index (Phi) is 4.86. The van der Waals surface area contributed by atoms with Gasteiger partial charge >= 0.3 is 6.61 Å². The van der Waals surface area contributed by atoms with Gasteiger partial charge in [-0.2, -0.15) is 8.78 Å². The van der Waals surface area contributed by atoms with Crippen molar-refractivity contribution in [1.29, 1.82) is 0 Å². The fraction of sp³-hybridized carbons (Fsp3) is 0.500. The summed E-state index contributed by atoms with van der Waals surface area (Å²) in [4.78, 5) is 11.8. The summed E-state index contributed by atoms with van der Waals surface area (Å²) in [6, 6.07) is 6.05. The van der Waals surface area contributed by atoms with Crippen molar-refractivity contribution in [2.45, 2.75) is 40.3 Å². The highest BCUT2D eigenvalue weighted by atomic mass is 19.3. The van der Waals surface area contributed by atoms with Crippen LogP contribution in [0.5, 0.6) is 5.75 Å². The van der Waals surface area contributed by atoms with Crippen LogP contribution in [0.4, 0.5) is 8.78 Å². The van der Waals surface area contributed by atoms with E-state index in [2.05, 4.69) is 10.1 Å². The summed E-state index contributed by atoms with van der Waals surface area (Å²) in [6.45, 7) is 4.49. The Hall–Kier alpha value is -1.65. The lowest BCUT2D eigenvalue weighted by atomic mass is 9.94. The van der Waals surface area contributed by atoms with Crippen LogP contribution in [0.1, 0.15) is 39.3 Å². The summed E-state index contributed by atoms with van der Waals surface area (Å²) in [5.41, 5.74) is 0.367. The Morgan fingerprint density at radius 1 is 1.21 bits per heavy atom. The molecule has 0 heterocycles. The van der Waals surface area contributed by atoms with Crippen LogP contribution in [0.2, 0.25) is 0 Å². The van der Waals surface area contributed by atoms with Crippen LogP contribution >= 0.6 is 0 Å². The Morgan fingerprint density at radius 3 is 2.16 bits per heavy atom. The molecule has 0 aliphatic heterocycles. The topological polar surface area (TPSA) is 38.3 Å². The van der Waals surface area contributed by atoms with Gasteiger partial charge in [0.05, 0.1) is 6.04 Å². The first-order chi connectivity index (χ1) is 8.70. The number of carbonyl (C=O) groups excluding carboxylic acids is 1. The fourth-order valence-corrected chi connectivity index (χ4v) is 1.43. The van der Waals surface area contributed by atoms with E-state index in [1.807, 2.05) is 27.7 Å². The van der Waals surface area contributed by atoms with Gasteiger partial charge in [-0.15, -0.1) is 0 Å². The van der Waals surface area contributed by atoms with Crippen molar-refractivity contribution < 1.29 is 18.3 Å². The summed E-state index contributed by atoms with van der Waals surface area (Å²) in [6.07, 6.45) is 0. The van der Waals surface area contributed by atoms with E-state index in [0.717, 1.165) is 5.56 Å². The van der Waals surface area contributed by atoms with E-state index in [4.69, 9.17) is 0 Å². The van der Waals surface area contributed by atoms with Gasteiger partial charge in [0, 0.05) is 5.41 Å². The minimum Gasteiger partial charge on any atom is -0.435 e. The molecule has 1 unspecified atom stereocenters. The SMILES string of the molecule is CC(NC(=O)C(C)(C)C)c1ccc(OC(F)F)cc1. The lowest BCUT2D eigenvalue weighted by Gasteiger charge is -2.22. The third-order valence-corrected chi connectivity index (χ3v) is 2.63. The first-order valence-corrected chi connectivity index (χ1v) is 6.06. The van der Waals surface area contributed by atoms with E-state index in [1.54, 1.807) is 12.1 Å². The Morgan fingerprint density at radius 2 is 1.74 bits per heavy atom. The summed E-state index contributed by atoms with van der Waals surface area (Å²) in [5, 5.41) is 2.87. The number of carbonyl (C=O) groups is 1. The standard InChI is InChI=1S/C14H19F2NO2/c1-9(17-12(18)14(2,3)4)10-5-7-11(8-6-10)19-13(15)16/h5-9,13H,1-4H3,(H,17,18). The molecule has 0 spiro atoms. The zero-order valence-electron chi connectivity index (χ0n) is 11.5. The van der Waals surface area contributed by atoms with Crippen LogP contribution in [0, 0.1) is 5.41 Å². The van der Waals surface area contributed by atoms with Gasteiger partial charge in [-0.3, -0.25) is 4.79 Å². The molecule has 3 nitrogen and oxygen atoms in total. The maximum Gasteiger partial charge on any atom is 0.387 e. The van der Waals surface area contributed by atoms with Crippen molar-refractivity contribution in [2.24, 2.45) is 5.41 Å². The average molecular weight is 271 g/mol. The van der Waals surface area contributed by atoms with E-state index >= 15 is 0 Å². The van der Waals surface area contributed by atoms with Gasteiger partial charge in [0.2, 0.25) is 5.91 Å². The number of ether oxygens (including phenoxy) is 1. The molecular formula is C14H19F2NO2. The highest BCUT2D eigenvalue weighted by Gasteiger charge is 2.22. The van der Waals surface area contributed by atoms with E-state index < -0.39 is 12.0 Å². The molecule has 0 aliphatic carbocycles. The maximum absolute atomic E-state index is 12.0. The highest BCUT2D eigenvalue weighted by Crippen LogP contribution is 2.21. The molecule has 106 valence electrons. The molecule has 1 amide bonds. The van der Waals surface area contributed by atoms with Crippen molar-refractivity contribution in [1.82, 2.24) is 5.32 Å². The molecule has 5 heteroatoms. The summed E-state index contributed by atoms with van der Waals surface area (Å²) >= 11 is 0. The Balaban J connectivity index is 2.68. The van der Waals surface area contributed by atoms with Gasteiger partial charge in [-0.1, -0.05) is 32.9 Å². The van der Waals surface area contributed by atoms with Gasteiger partial charge in [0.15, 0.2) is 0 Å². The van der Waals surface area contributed by atoms with Crippen LogP contribution in [0.15, 0.2) is 24.3 Å². The van der Waals surface area contributed by atoms with E-state index in [9.17, 15) is 13.6 Å². The first-order valence-electron chi connectivity index (χ1n) is 6.06. The molecule has 0 aromatic heterocycles. The number of rotatable bonds is 4.